The topological polar surface area (TPSA) is 94.8 Å². The van der Waals surface area contributed by atoms with Crippen LogP contribution in [0.25, 0.3) is 0 Å². The van der Waals surface area contributed by atoms with Gasteiger partial charge in [-0.3, -0.25) is 9.59 Å². The van der Waals surface area contributed by atoms with E-state index >= 15 is 4.39 Å². The van der Waals surface area contributed by atoms with Crippen molar-refractivity contribution in [2.75, 3.05) is 6.61 Å². The number of rotatable bonds is 2. The van der Waals surface area contributed by atoms with Crippen LogP contribution < -0.4 is 0 Å². The lowest BCUT2D eigenvalue weighted by Gasteiger charge is -2.63. The highest BCUT2D eigenvalue weighted by Gasteiger charge is 2.74. The number of hydrogen-bond acceptors (Lipinski definition) is 5. The first kappa shape index (κ1) is 19.2. The molecule has 0 aromatic heterocycles. The third-order valence-corrected chi connectivity index (χ3v) is 8.80. The fourth-order valence-corrected chi connectivity index (χ4v) is 7.16. The Balaban J connectivity index is 1.80. The van der Waals surface area contributed by atoms with Crippen molar-refractivity contribution in [1.82, 2.24) is 0 Å². The number of halogens is 1. The second kappa shape index (κ2) is 5.71. The van der Waals surface area contributed by atoms with Gasteiger partial charge in [0.2, 0.25) is 0 Å². The van der Waals surface area contributed by atoms with Gasteiger partial charge >= 0.3 is 0 Å². The first-order valence-corrected chi connectivity index (χ1v) is 10.0. The Hall–Kier alpha value is -1.11. The maximum Gasteiger partial charge on any atom is 0.190 e. The number of Topliss-reactive ketones (excluding diaryl/α,β-unsaturated/α-hetero) is 1. The van der Waals surface area contributed by atoms with Gasteiger partial charge in [0.1, 0.15) is 17.9 Å². The van der Waals surface area contributed by atoms with Crippen molar-refractivity contribution in [3.05, 3.63) is 11.6 Å². The predicted octanol–water partition coefficient (Wildman–Crippen LogP) is 1.87. The third kappa shape index (κ3) is 2.10. The number of allylic oxidation sites excluding steroid dienone is 1. The quantitative estimate of drug-likeness (QED) is 0.680. The highest BCUT2D eigenvalue weighted by atomic mass is 19.1. The minimum atomic E-state index is -1.88. The first-order chi connectivity index (χ1) is 12.5. The summed E-state index contributed by atoms with van der Waals surface area (Å²) in [5, 5.41) is 31.5. The number of alkyl halides is 1. The number of carbonyl (C=O) groups excluding carboxylic acids is 2. The number of aliphatic hydroxyl groups is 3. The van der Waals surface area contributed by atoms with E-state index in [1.54, 1.807) is 13.0 Å². The SMILES string of the molecule is C[C@]12CCC(=O)C=C1CC[C@H]1[C@@H]3CC[C@](O)(C(=O)CO)[C@@]3(C)CC(O)[C@@]12F. The normalized spacial score (nSPS) is 51.9. The largest absolute Gasteiger partial charge is 0.390 e. The summed E-state index contributed by atoms with van der Waals surface area (Å²) >= 11 is 0. The minimum Gasteiger partial charge on any atom is -0.390 e. The lowest BCUT2D eigenvalue weighted by atomic mass is 9.44. The van der Waals surface area contributed by atoms with E-state index in [1.807, 2.05) is 6.92 Å². The van der Waals surface area contributed by atoms with Crippen molar-refractivity contribution in [3.63, 3.8) is 0 Å². The summed E-state index contributed by atoms with van der Waals surface area (Å²) in [7, 11) is 0. The first-order valence-electron chi connectivity index (χ1n) is 10.0. The summed E-state index contributed by atoms with van der Waals surface area (Å²) in [6, 6.07) is 0. The molecule has 4 aliphatic carbocycles. The van der Waals surface area contributed by atoms with E-state index in [0.29, 0.717) is 25.7 Å². The molecule has 0 aromatic rings. The van der Waals surface area contributed by atoms with Gasteiger partial charge in [-0.15, -0.1) is 0 Å². The standard InChI is InChI=1S/C21H29FO5/c1-18-7-5-13(24)9-12(18)3-4-15-14-6-8-20(27,17(26)11-23)19(14,2)10-16(25)21(15,18)22/h9,14-16,23,25,27H,3-8,10-11H2,1-2H3/t14-,15-,16?,18-,19-,20-,21-/m0/s1. The zero-order valence-corrected chi connectivity index (χ0v) is 16.0. The molecule has 3 N–H and O–H groups in total. The van der Waals surface area contributed by atoms with Crippen molar-refractivity contribution in [2.24, 2.45) is 22.7 Å². The number of fused-ring (bicyclic) bond motifs is 5. The Morgan fingerprint density at radius 1 is 1.22 bits per heavy atom. The van der Waals surface area contributed by atoms with Gasteiger partial charge in [0.25, 0.3) is 0 Å². The van der Waals surface area contributed by atoms with Crippen LogP contribution in [-0.4, -0.2) is 50.9 Å². The summed E-state index contributed by atoms with van der Waals surface area (Å²) < 4.78 is 16.8. The summed E-state index contributed by atoms with van der Waals surface area (Å²) in [5.41, 5.74) is -4.68. The molecule has 4 rings (SSSR count). The van der Waals surface area contributed by atoms with Crippen molar-refractivity contribution in [2.45, 2.75) is 76.2 Å². The summed E-state index contributed by atoms with van der Waals surface area (Å²) in [4.78, 5) is 24.2. The lowest BCUT2D eigenvalue weighted by Crippen LogP contribution is -2.69. The van der Waals surface area contributed by atoms with E-state index in [-0.39, 0.29) is 31.0 Å². The Kier molecular flexibility index (Phi) is 4.06. The monoisotopic (exact) mass is 380 g/mol. The third-order valence-electron chi connectivity index (χ3n) is 8.80. The number of hydrogen-bond donors (Lipinski definition) is 3. The second-order valence-electron chi connectivity index (χ2n) is 9.61. The van der Waals surface area contributed by atoms with E-state index in [4.69, 9.17) is 0 Å². The molecule has 6 heteroatoms. The Morgan fingerprint density at radius 2 is 1.93 bits per heavy atom. The van der Waals surface area contributed by atoms with Crippen LogP contribution in [0.1, 0.15) is 58.8 Å². The molecular formula is C21H29FO5. The zero-order valence-electron chi connectivity index (χ0n) is 16.0. The van der Waals surface area contributed by atoms with Crippen molar-refractivity contribution >= 4 is 11.6 Å². The maximum absolute atomic E-state index is 16.8. The summed E-state index contributed by atoms with van der Waals surface area (Å²) in [6.07, 6.45) is 2.65. The molecule has 3 fully saturated rings. The molecule has 27 heavy (non-hydrogen) atoms. The second-order valence-corrected chi connectivity index (χ2v) is 9.61. The van der Waals surface area contributed by atoms with Crippen molar-refractivity contribution in [3.8, 4) is 0 Å². The summed E-state index contributed by atoms with van der Waals surface area (Å²) in [5.74, 6) is -1.36. The van der Waals surface area contributed by atoms with Crippen LogP contribution in [0.5, 0.6) is 0 Å². The molecule has 0 aromatic carbocycles. The Bertz CT molecular complexity index is 734. The van der Waals surface area contributed by atoms with Gasteiger partial charge in [-0.2, -0.15) is 0 Å². The van der Waals surface area contributed by atoms with Crippen LogP contribution in [0.4, 0.5) is 4.39 Å². The molecule has 5 nitrogen and oxygen atoms in total. The maximum atomic E-state index is 16.8. The molecular weight excluding hydrogens is 351 g/mol. The van der Waals surface area contributed by atoms with Gasteiger partial charge < -0.3 is 15.3 Å². The molecule has 4 aliphatic rings. The molecule has 1 unspecified atom stereocenters. The van der Waals surface area contributed by atoms with Crippen LogP contribution in [-0.2, 0) is 9.59 Å². The van der Waals surface area contributed by atoms with Crippen LogP contribution in [0, 0.1) is 22.7 Å². The minimum absolute atomic E-state index is 0.0171. The molecule has 0 amide bonds. The molecule has 0 heterocycles. The predicted molar refractivity (Wildman–Crippen MR) is 95.5 cm³/mol. The average Bonchev–Trinajstić information content (AvgIpc) is 2.88. The fraction of sp³-hybridized carbons (Fsp3) is 0.810. The summed E-state index contributed by atoms with van der Waals surface area (Å²) in [6.45, 7) is 2.83. The zero-order chi connectivity index (χ0) is 19.8. The molecule has 150 valence electrons. The van der Waals surface area contributed by atoms with Crippen LogP contribution >= 0.6 is 0 Å². The van der Waals surface area contributed by atoms with Gasteiger partial charge in [-0.1, -0.05) is 19.4 Å². The number of ketones is 2. The lowest BCUT2D eigenvalue weighted by molar-refractivity contribution is -0.226. The average molecular weight is 380 g/mol. The van der Waals surface area contributed by atoms with E-state index in [0.717, 1.165) is 5.57 Å². The molecule has 0 saturated heterocycles. The molecule has 3 saturated carbocycles. The van der Waals surface area contributed by atoms with Crippen LogP contribution in [0.15, 0.2) is 11.6 Å². The Labute approximate surface area is 158 Å². The fourth-order valence-electron chi connectivity index (χ4n) is 7.16. The molecule has 0 radical (unpaired) electrons. The number of carbonyl (C=O) groups is 2. The highest BCUT2D eigenvalue weighted by molar-refractivity contribution is 5.92. The molecule has 0 bridgehead atoms. The highest BCUT2D eigenvalue weighted by Crippen LogP contribution is 2.70. The van der Waals surface area contributed by atoms with Crippen molar-refractivity contribution < 1.29 is 29.3 Å². The Morgan fingerprint density at radius 3 is 2.59 bits per heavy atom. The van der Waals surface area contributed by atoms with Crippen LogP contribution in [0.3, 0.4) is 0 Å². The molecule has 0 aliphatic heterocycles. The van der Waals surface area contributed by atoms with Gasteiger partial charge in [0.05, 0.1) is 6.10 Å². The van der Waals surface area contributed by atoms with Crippen LogP contribution in [0.2, 0.25) is 0 Å². The van der Waals surface area contributed by atoms with Gasteiger partial charge in [0, 0.05) is 23.2 Å². The van der Waals surface area contributed by atoms with E-state index < -0.39 is 46.5 Å². The van der Waals surface area contributed by atoms with E-state index in [9.17, 15) is 24.9 Å². The van der Waals surface area contributed by atoms with Gasteiger partial charge in [-0.05, 0) is 50.5 Å². The van der Waals surface area contributed by atoms with E-state index in [1.165, 1.54) is 0 Å². The van der Waals surface area contributed by atoms with Crippen molar-refractivity contribution in [1.29, 1.82) is 0 Å². The van der Waals surface area contributed by atoms with E-state index in [2.05, 4.69) is 0 Å². The number of aliphatic hydroxyl groups excluding tert-OH is 2. The van der Waals surface area contributed by atoms with Gasteiger partial charge in [0.15, 0.2) is 11.6 Å². The van der Waals surface area contributed by atoms with Gasteiger partial charge in [-0.25, -0.2) is 4.39 Å². The molecule has 7 atom stereocenters. The molecule has 0 spiro atoms. The smallest absolute Gasteiger partial charge is 0.190 e.